The molecule has 2 rings (SSSR count). The van der Waals surface area contributed by atoms with E-state index in [1.54, 1.807) is 13.0 Å². The molecule has 0 spiro atoms. The quantitative estimate of drug-likeness (QED) is 0.796. The van der Waals surface area contributed by atoms with Gasteiger partial charge in [0, 0.05) is 11.7 Å². The Bertz CT molecular complexity index is 513. The van der Waals surface area contributed by atoms with Gasteiger partial charge in [0.2, 0.25) is 0 Å². The number of nitrogens with one attached hydrogen (secondary N) is 2. The van der Waals surface area contributed by atoms with Gasteiger partial charge in [0.1, 0.15) is 5.82 Å². The molecule has 0 bridgehead atoms. The second-order valence-electron chi connectivity index (χ2n) is 5.10. The largest absolute Gasteiger partial charge is 0.481 e. The van der Waals surface area contributed by atoms with E-state index in [-0.39, 0.29) is 6.04 Å². The number of aliphatic carboxylic acids is 1. The fraction of sp³-hybridized carbons (Fsp3) is 0.429. The Morgan fingerprint density at radius 1 is 1.30 bits per heavy atom. The number of aryl methyl sites for hydroxylation is 1. The first-order chi connectivity index (χ1) is 9.45. The maximum absolute atomic E-state index is 13.2. The second-order valence-corrected chi connectivity index (χ2v) is 5.10. The molecule has 0 aliphatic heterocycles. The molecule has 1 aromatic carbocycles. The molecule has 1 saturated carbocycles. The van der Waals surface area contributed by atoms with Crippen molar-refractivity contribution in [2.24, 2.45) is 5.92 Å². The minimum Gasteiger partial charge on any atom is -0.481 e. The third kappa shape index (κ3) is 3.46. The summed E-state index contributed by atoms with van der Waals surface area (Å²) in [6.07, 6.45) is 1.99. The van der Waals surface area contributed by atoms with Crippen molar-refractivity contribution in [1.82, 2.24) is 5.32 Å². The number of hydrogen-bond acceptors (Lipinski definition) is 2. The number of rotatable bonds is 3. The van der Waals surface area contributed by atoms with Crippen molar-refractivity contribution in [3.8, 4) is 0 Å². The van der Waals surface area contributed by atoms with Gasteiger partial charge in [-0.05, 0) is 43.5 Å². The van der Waals surface area contributed by atoms with Gasteiger partial charge in [-0.1, -0.05) is 6.42 Å². The molecule has 3 N–H and O–H groups in total. The normalized spacial score (nSPS) is 21.5. The van der Waals surface area contributed by atoms with Crippen LogP contribution in [0.15, 0.2) is 18.2 Å². The van der Waals surface area contributed by atoms with E-state index < -0.39 is 23.7 Å². The maximum Gasteiger partial charge on any atom is 0.319 e. The van der Waals surface area contributed by atoms with Gasteiger partial charge in [0.25, 0.3) is 0 Å². The molecule has 20 heavy (non-hydrogen) atoms. The number of hydrogen-bond donors (Lipinski definition) is 3. The van der Waals surface area contributed by atoms with E-state index in [4.69, 9.17) is 5.11 Å². The molecule has 2 amide bonds. The van der Waals surface area contributed by atoms with E-state index >= 15 is 0 Å². The van der Waals surface area contributed by atoms with Crippen LogP contribution in [0.3, 0.4) is 0 Å². The highest BCUT2D eigenvalue weighted by molar-refractivity contribution is 5.90. The van der Waals surface area contributed by atoms with Crippen molar-refractivity contribution < 1.29 is 19.1 Å². The van der Waals surface area contributed by atoms with Gasteiger partial charge >= 0.3 is 12.0 Å². The lowest BCUT2D eigenvalue weighted by Crippen LogP contribution is -2.42. The number of urea groups is 1. The highest BCUT2D eigenvalue weighted by Crippen LogP contribution is 2.26. The van der Waals surface area contributed by atoms with Gasteiger partial charge in [-0.25, -0.2) is 9.18 Å². The Hall–Kier alpha value is -2.11. The number of carboxylic acid groups (broad SMARTS) is 1. The standard InChI is InChI=1S/C14H17FN2O3/c1-8-5-9(15)7-10(6-8)16-14(20)17-12-4-2-3-11(12)13(18)19/h5-7,11-12H,2-4H2,1H3,(H,18,19)(H2,16,17,20). The van der Waals surface area contributed by atoms with Crippen LogP contribution in [0.2, 0.25) is 0 Å². The highest BCUT2D eigenvalue weighted by atomic mass is 19.1. The molecule has 0 aromatic heterocycles. The van der Waals surface area contributed by atoms with Crippen LogP contribution < -0.4 is 10.6 Å². The number of anilines is 1. The zero-order valence-corrected chi connectivity index (χ0v) is 11.1. The van der Waals surface area contributed by atoms with E-state index in [2.05, 4.69) is 10.6 Å². The van der Waals surface area contributed by atoms with Crippen LogP contribution in [0.4, 0.5) is 14.9 Å². The maximum atomic E-state index is 13.2. The lowest BCUT2D eigenvalue weighted by Gasteiger charge is -2.18. The van der Waals surface area contributed by atoms with E-state index in [1.807, 2.05) is 0 Å². The molecule has 108 valence electrons. The van der Waals surface area contributed by atoms with E-state index in [9.17, 15) is 14.0 Å². The van der Waals surface area contributed by atoms with E-state index in [0.717, 1.165) is 6.42 Å². The summed E-state index contributed by atoms with van der Waals surface area (Å²) in [6.45, 7) is 1.73. The zero-order valence-electron chi connectivity index (χ0n) is 11.1. The van der Waals surface area contributed by atoms with Gasteiger partial charge in [0.05, 0.1) is 5.92 Å². The summed E-state index contributed by atoms with van der Waals surface area (Å²) in [5, 5.41) is 14.2. The summed E-state index contributed by atoms with van der Waals surface area (Å²) >= 11 is 0. The van der Waals surface area contributed by atoms with Crippen molar-refractivity contribution in [3.63, 3.8) is 0 Å². The van der Waals surface area contributed by atoms with Gasteiger partial charge in [0.15, 0.2) is 0 Å². The summed E-state index contributed by atoms with van der Waals surface area (Å²) in [7, 11) is 0. The van der Waals surface area contributed by atoms with Crippen LogP contribution in [0.1, 0.15) is 24.8 Å². The van der Waals surface area contributed by atoms with Crippen LogP contribution in [0, 0.1) is 18.7 Å². The molecule has 1 aliphatic rings. The predicted octanol–water partition coefficient (Wildman–Crippen LogP) is 2.51. The number of carbonyl (C=O) groups excluding carboxylic acids is 1. The SMILES string of the molecule is Cc1cc(F)cc(NC(=O)NC2CCCC2C(=O)O)c1. The summed E-state index contributed by atoms with van der Waals surface area (Å²) in [5.74, 6) is -1.87. The van der Waals surface area contributed by atoms with Gasteiger partial charge in [-0.15, -0.1) is 0 Å². The van der Waals surface area contributed by atoms with Crippen molar-refractivity contribution in [1.29, 1.82) is 0 Å². The Kier molecular flexibility index (Phi) is 4.22. The fourth-order valence-corrected chi connectivity index (χ4v) is 2.57. The smallest absolute Gasteiger partial charge is 0.319 e. The molecule has 0 heterocycles. The molecule has 6 heteroatoms. The van der Waals surface area contributed by atoms with Crippen molar-refractivity contribution in [2.75, 3.05) is 5.32 Å². The summed E-state index contributed by atoms with van der Waals surface area (Å²) in [4.78, 5) is 22.8. The minimum atomic E-state index is -0.894. The first-order valence-electron chi connectivity index (χ1n) is 6.53. The minimum absolute atomic E-state index is 0.352. The van der Waals surface area contributed by atoms with E-state index in [0.29, 0.717) is 24.1 Å². The molecule has 1 aromatic rings. The van der Waals surface area contributed by atoms with Crippen LogP contribution in [0.25, 0.3) is 0 Å². The first-order valence-corrected chi connectivity index (χ1v) is 6.53. The molecule has 0 saturated heterocycles. The molecule has 1 fully saturated rings. The highest BCUT2D eigenvalue weighted by Gasteiger charge is 2.33. The molecular formula is C14H17FN2O3. The zero-order chi connectivity index (χ0) is 14.7. The Labute approximate surface area is 116 Å². The van der Waals surface area contributed by atoms with Crippen molar-refractivity contribution >= 4 is 17.7 Å². The fourth-order valence-electron chi connectivity index (χ4n) is 2.57. The Morgan fingerprint density at radius 3 is 2.70 bits per heavy atom. The second kappa shape index (κ2) is 5.90. The monoisotopic (exact) mass is 280 g/mol. The van der Waals surface area contributed by atoms with Crippen molar-refractivity contribution in [2.45, 2.75) is 32.2 Å². The number of benzene rings is 1. The Balaban J connectivity index is 1.97. The summed E-state index contributed by atoms with van der Waals surface area (Å²) in [6, 6.07) is 3.35. The summed E-state index contributed by atoms with van der Waals surface area (Å²) < 4.78 is 13.2. The third-order valence-electron chi connectivity index (χ3n) is 3.45. The lowest BCUT2D eigenvalue weighted by atomic mass is 10.0. The van der Waals surface area contributed by atoms with Gasteiger partial charge < -0.3 is 15.7 Å². The lowest BCUT2D eigenvalue weighted by molar-refractivity contribution is -0.142. The van der Waals surface area contributed by atoms with E-state index in [1.165, 1.54) is 12.1 Å². The first kappa shape index (κ1) is 14.3. The molecule has 0 radical (unpaired) electrons. The van der Waals surface area contributed by atoms with Gasteiger partial charge in [-0.2, -0.15) is 0 Å². The van der Waals surface area contributed by atoms with Gasteiger partial charge in [-0.3, -0.25) is 4.79 Å². The summed E-state index contributed by atoms with van der Waals surface area (Å²) in [5.41, 5.74) is 1.05. The number of halogens is 1. The van der Waals surface area contributed by atoms with Crippen LogP contribution >= 0.6 is 0 Å². The van der Waals surface area contributed by atoms with Crippen molar-refractivity contribution in [3.05, 3.63) is 29.6 Å². The molecule has 2 unspecified atom stereocenters. The van der Waals surface area contributed by atoms with Crippen LogP contribution in [0.5, 0.6) is 0 Å². The number of carbonyl (C=O) groups is 2. The number of amides is 2. The van der Waals surface area contributed by atoms with Crippen LogP contribution in [-0.4, -0.2) is 23.1 Å². The number of carboxylic acids is 1. The predicted molar refractivity (Wildman–Crippen MR) is 72.1 cm³/mol. The molecule has 5 nitrogen and oxygen atoms in total. The Morgan fingerprint density at radius 2 is 2.05 bits per heavy atom. The molecule has 2 atom stereocenters. The topological polar surface area (TPSA) is 78.4 Å². The average Bonchev–Trinajstić information content (AvgIpc) is 2.75. The molecule has 1 aliphatic carbocycles. The third-order valence-corrected chi connectivity index (χ3v) is 3.45. The molecular weight excluding hydrogens is 263 g/mol. The van der Waals surface area contributed by atoms with Crippen LogP contribution in [-0.2, 0) is 4.79 Å². The average molecular weight is 280 g/mol.